The summed E-state index contributed by atoms with van der Waals surface area (Å²) in [6.45, 7) is 9.62. The Hall–Kier alpha value is -0.860. The second kappa shape index (κ2) is 6.06. The molecule has 1 aliphatic rings. The van der Waals surface area contributed by atoms with E-state index in [1.54, 1.807) is 0 Å². The standard InChI is InChI=1S/C17H27NO/c1-5-17-14(6-7-19-17)16(18)10-15-12(3)8-11(2)9-13(15)4/h8-9,14,16-17H,5-7,10,18H2,1-4H3. The Kier molecular flexibility index (Phi) is 4.64. The highest BCUT2D eigenvalue weighted by Gasteiger charge is 2.31. The summed E-state index contributed by atoms with van der Waals surface area (Å²) in [5.74, 6) is 0.519. The smallest absolute Gasteiger partial charge is 0.0616 e. The fourth-order valence-corrected chi connectivity index (χ4v) is 3.49. The van der Waals surface area contributed by atoms with E-state index in [0.717, 1.165) is 25.9 Å². The number of benzene rings is 1. The van der Waals surface area contributed by atoms with Crippen LogP contribution in [0.2, 0.25) is 0 Å². The summed E-state index contributed by atoms with van der Waals surface area (Å²) in [5, 5.41) is 0. The van der Waals surface area contributed by atoms with Crippen LogP contribution in [0.15, 0.2) is 12.1 Å². The molecule has 0 aliphatic carbocycles. The Morgan fingerprint density at radius 3 is 2.47 bits per heavy atom. The fourth-order valence-electron chi connectivity index (χ4n) is 3.49. The third kappa shape index (κ3) is 3.18. The molecule has 1 aromatic rings. The van der Waals surface area contributed by atoms with E-state index in [2.05, 4.69) is 39.8 Å². The van der Waals surface area contributed by atoms with E-state index < -0.39 is 0 Å². The number of hydrogen-bond donors (Lipinski definition) is 1. The second-order valence-corrected chi connectivity index (χ2v) is 6.02. The Balaban J connectivity index is 2.13. The lowest BCUT2D eigenvalue weighted by Gasteiger charge is -2.25. The van der Waals surface area contributed by atoms with Crippen molar-refractivity contribution < 1.29 is 4.74 Å². The highest BCUT2D eigenvalue weighted by Crippen LogP contribution is 2.28. The van der Waals surface area contributed by atoms with Crippen LogP contribution >= 0.6 is 0 Å². The normalized spacial score (nSPS) is 24.7. The fraction of sp³-hybridized carbons (Fsp3) is 0.647. The van der Waals surface area contributed by atoms with Gasteiger partial charge in [-0.25, -0.2) is 0 Å². The summed E-state index contributed by atoms with van der Waals surface area (Å²) in [6, 6.07) is 4.74. The summed E-state index contributed by atoms with van der Waals surface area (Å²) < 4.78 is 5.77. The van der Waals surface area contributed by atoms with Crippen molar-refractivity contribution in [2.45, 2.75) is 59.1 Å². The largest absolute Gasteiger partial charge is 0.378 e. The second-order valence-electron chi connectivity index (χ2n) is 6.02. The summed E-state index contributed by atoms with van der Waals surface area (Å²) in [5.41, 5.74) is 12.0. The van der Waals surface area contributed by atoms with Gasteiger partial charge in [0, 0.05) is 18.6 Å². The van der Waals surface area contributed by atoms with Gasteiger partial charge in [0.2, 0.25) is 0 Å². The summed E-state index contributed by atoms with van der Waals surface area (Å²) in [4.78, 5) is 0. The number of hydrogen-bond acceptors (Lipinski definition) is 2. The van der Waals surface area contributed by atoms with Crippen molar-refractivity contribution in [3.63, 3.8) is 0 Å². The van der Waals surface area contributed by atoms with Crippen LogP contribution in [0.25, 0.3) is 0 Å². The first-order valence-corrected chi connectivity index (χ1v) is 7.46. The molecule has 2 heteroatoms. The van der Waals surface area contributed by atoms with Crippen LogP contribution in [0.3, 0.4) is 0 Å². The number of nitrogens with two attached hydrogens (primary N) is 1. The first-order chi connectivity index (χ1) is 9.02. The maximum absolute atomic E-state index is 6.47. The molecule has 1 saturated heterocycles. The molecule has 0 saturated carbocycles. The zero-order valence-corrected chi connectivity index (χ0v) is 12.7. The van der Waals surface area contributed by atoms with Crippen LogP contribution in [0, 0.1) is 26.7 Å². The lowest BCUT2D eigenvalue weighted by atomic mass is 9.85. The van der Waals surface area contributed by atoms with Crippen LogP contribution in [-0.2, 0) is 11.2 Å². The third-order valence-electron chi connectivity index (χ3n) is 4.49. The van der Waals surface area contributed by atoms with Crippen LogP contribution in [0.4, 0.5) is 0 Å². The van der Waals surface area contributed by atoms with E-state index in [4.69, 9.17) is 10.5 Å². The van der Waals surface area contributed by atoms with Crippen LogP contribution in [0.5, 0.6) is 0 Å². The first-order valence-electron chi connectivity index (χ1n) is 7.46. The quantitative estimate of drug-likeness (QED) is 0.902. The number of ether oxygens (including phenoxy) is 1. The van der Waals surface area contributed by atoms with E-state index >= 15 is 0 Å². The maximum Gasteiger partial charge on any atom is 0.0616 e. The van der Waals surface area contributed by atoms with Gasteiger partial charge in [-0.15, -0.1) is 0 Å². The highest BCUT2D eigenvalue weighted by molar-refractivity contribution is 5.38. The molecule has 0 amide bonds. The van der Waals surface area contributed by atoms with Gasteiger partial charge in [0.05, 0.1) is 6.10 Å². The molecule has 2 nitrogen and oxygen atoms in total. The number of aryl methyl sites for hydroxylation is 3. The Labute approximate surface area is 117 Å². The van der Waals surface area contributed by atoms with Crippen LogP contribution in [0.1, 0.15) is 42.0 Å². The minimum Gasteiger partial charge on any atom is -0.378 e. The molecule has 2 N–H and O–H groups in total. The van der Waals surface area contributed by atoms with E-state index in [1.807, 2.05) is 0 Å². The Bertz CT molecular complexity index is 418. The van der Waals surface area contributed by atoms with Crippen molar-refractivity contribution in [2.75, 3.05) is 6.61 Å². The van der Waals surface area contributed by atoms with Crippen molar-refractivity contribution in [3.8, 4) is 0 Å². The van der Waals surface area contributed by atoms with Crippen molar-refractivity contribution in [1.29, 1.82) is 0 Å². The maximum atomic E-state index is 6.47. The third-order valence-corrected chi connectivity index (χ3v) is 4.49. The summed E-state index contributed by atoms with van der Waals surface area (Å²) >= 11 is 0. The Morgan fingerprint density at radius 2 is 1.89 bits per heavy atom. The molecule has 3 atom stereocenters. The Morgan fingerprint density at radius 1 is 1.26 bits per heavy atom. The van der Waals surface area contributed by atoms with Gasteiger partial charge >= 0.3 is 0 Å². The topological polar surface area (TPSA) is 35.2 Å². The lowest BCUT2D eigenvalue weighted by molar-refractivity contribution is 0.0813. The van der Waals surface area contributed by atoms with Crippen molar-refractivity contribution >= 4 is 0 Å². The van der Waals surface area contributed by atoms with Crippen molar-refractivity contribution in [3.05, 3.63) is 34.4 Å². The monoisotopic (exact) mass is 261 g/mol. The molecule has 2 rings (SSSR count). The van der Waals surface area contributed by atoms with Gasteiger partial charge in [0.1, 0.15) is 0 Å². The average molecular weight is 261 g/mol. The highest BCUT2D eigenvalue weighted by atomic mass is 16.5. The van der Waals surface area contributed by atoms with Crippen LogP contribution < -0.4 is 5.73 Å². The van der Waals surface area contributed by atoms with Crippen LogP contribution in [-0.4, -0.2) is 18.8 Å². The molecular formula is C17H27NO. The number of rotatable bonds is 4. The van der Waals surface area contributed by atoms with Gasteiger partial charge in [0.25, 0.3) is 0 Å². The molecule has 3 unspecified atom stereocenters. The van der Waals surface area contributed by atoms with E-state index in [-0.39, 0.29) is 6.04 Å². The van der Waals surface area contributed by atoms with E-state index in [0.29, 0.717) is 12.0 Å². The van der Waals surface area contributed by atoms with Crippen molar-refractivity contribution in [1.82, 2.24) is 0 Å². The van der Waals surface area contributed by atoms with Gasteiger partial charge in [-0.1, -0.05) is 24.6 Å². The molecular weight excluding hydrogens is 234 g/mol. The van der Waals surface area contributed by atoms with Gasteiger partial charge in [0.15, 0.2) is 0 Å². The summed E-state index contributed by atoms with van der Waals surface area (Å²) in [7, 11) is 0. The van der Waals surface area contributed by atoms with Gasteiger partial charge in [-0.2, -0.15) is 0 Å². The predicted molar refractivity (Wildman–Crippen MR) is 80.5 cm³/mol. The van der Waals surface area contributed by atoms with Gasteiger partial charge in [-0.05, 0) is 56.7 Å². The molecule has 0 bridgehead atoms. The molecule has 1 fully saturated rings. The minimum absolute atomic E-state index is 0.215. The predicted octanol–water partition coefficient (Wildman–Crippen LogP) is 3.30. The first kappa shape index (κ1) is 14.5. The average Bonchev–Trinajstić information content (AvgIpc) is 2.81. The molecule has 1 aromatic carbocycles. The summed E-state index contributed by atoms with van der Waals surface area (Å²) in [6.07, 6.45) is 3.53. The van der Waals surface area contributed by atoms with Crippen molar-refractivity contribution in [2.24, 2.45) is 11.7 Å². The van der Waals surface area contributed by atoms with E-state index in [1.165, 1.54) is 22.3 Å². The SMILES string of the molecule is CCC1OCCC1C(N)Cc1c(C)cc(C)cc1C. The zero-order valence-electron chi connectivity index (χ0n) is 12.7. The molecule has 1 heterocycles. The molecule has 0 spiro atoms. The van der Waals surface area contributed by atoms with E-state index in [9.17, 15) is 0 Å². The van der Waals surface area contributed by atoms with Gasteiger partial charge < -0.3 is 10.5 Å². The molecule has 0 radical (unpaired) electrons. The zero-order chi connectivity index (χ0) is 14.0. The molecule has 19 heavy (non-hydrogen) atoms. The minimum atomic E-state index is 0.215. The molecule has 1 aliphatic heterocycles. The lowest BCUT2D eigenvalue weighted by Crippen LogP contribution is -2.37. The molecule has 0 aromatic heterocycles. The van der Waals surface area contributed by atoms with Gasteiger partial charge in [-0.3, -0.25) is 0 Å². The molecule has 106 valence electrons.